The van der Waals surface area contributed by atoms with Gasteiger partial charge in [-0.25, -0.2) is 4.99 Å². The Labute approximate surface area is 79.3 Å². The lowest BCUT2D eigenvalue weighted by Gasteiger charge is -2.03. The predicted molar refractivity (Wildman–Crippen MR) is 56.0 cm³/mol. The van der Waals surface area contributed by atoms with Crippen LogP contribution in [0.4, 0.5) is 0 Å². The van der Waals surface area contributed by atoms with E-state index in [2.05, 4.69) is 21.5 Å². The molecule has 4 nitrogen and oxygen atoms in total. The highest BCUT2D eigenvalue weighted by atomic mass is 15.1. The lowest BCUT2D eigenvalue weighted by atomic mass is 10.5. The Hall–Kier alpha value is -1.50. The maximum absolute atomic E-state index is 7.37. The number of guanidine groups is 1. The summed E-state index contributed by atoms with van der Waals surface area (Å²) in [6.45, 7) is 5.02. The summed E-state index contributed by atoms with van der Waals surface area (Å²) in [5.41, 5.74) is 0. The highest BCUT2D eigenvalue weighted by Gasteiger charge is 1.92. The van der Waals surface area contributed by atoms with Gasteiger partial charge in [-0.2, -0.15) is 0 Å². The lowest BCUT2D eigenvalue weighted by molar-refractivity contribution is 0.829. The Balaban J connectivity index is 3.78. The minimum atomic E-state index is 0.170. The number of rotatable bonds is 3. The SMILES string of the molecule is C#CCN/C(C)=N/C(=N)NCCC. The zero-order chi connectivity index (χ0) is 10.1. The van der Waals surface area contributed by atoms with Gasteiger partial charge in [0.2, 0.25) is 5.96 Å². The fraction of sp³-hybridized carbons (Fsp3) is 0.556. The zero-order valence-corrected chi connectivity index (χ0v) is 8.15. The number of aliphatic imine (C=N–C) groups is 1. The summed E-state index contributed by atoms with van der Waals surface area (Å²) in [6, 6.07) is 0. The number of nitrogens with one attached hydrogen (secondary N) is 3. The molecular weight excluding hydrogens is 164 g/mol. The second-order valence-corrected chi connectivity index (χ2v) is 2.53. The van der Waals surface area contributed by atoms with E-state index in [0.717, 1.165) is 13.0 Å². The molecule has 4 heteroatoms. The van der Waals surface area contributed by atoms with Gasteiger partial charge in [-0.15, -0.1) is 6.42 Å². The normalized spacial score (nSPS) is 10.4. The minimum absolute atomic E-state index is 0.170. The summed E-state index contributed by atoms with van der Waals surface area (Å²) >= 11 is 0. The van der Waals surface area contributed by atoms with Crippen LogP contribution in [-0.2, 0) is 0 Å². The average molecular weight is 180 g/mol. The molecule has 0 fully saturated rings. The van der Waals surface area contributed by atoms with Crippen LogP contribution in [0.15, 0.2) is 4.99 Å². The van der Waals surface area contributed by atoms with E-state index in [4.69, 9.17) is 11.8 Å². The molecule has 0 aromatic rings. The number of amidine groups is 1. The summed E-state index contributed by atoms with van der Waals surface area (Å²) in [4.78, 5) is 3.93. The predicted octanol–water partition coefficient (Wildman–Crippen LogP) is 0.562. The van der Waals surface area contributed by atoms with E-state index in [9.17, 15) is 0 Å². The maximum Gasteiger partial charge on any atom is 0.216 e. The van der Waals surface area contributed by atoms with Crippen LogP contribution in [0.5, 0.6) is 0 Å². The van der Waals surface area contributed by atoms with Crippen molar-refractivity contribution in [2.75, 3.05) is 13.1 Å². The van der Waals surface area contributed by atoms with Crippen LogP contribution < -0.4 is 10.6 Å². The zero-order valence-electron chi connectivity index (χ0n) is 8.15. The van der Waals surface area contributed by atoms with Crippen LogP contribution in [-0.4, -0.2) is 24.9 Å². The number of nitrogens with zero attached hydrogens (tertiary/aromatic N) is 1. The molecule has 0 aliphatic rings. The lowest BCUT2D eigenvalue weighted by Crippen LogP contribution is -2.27. The molecule has 0 spiro atoms. The first-order valence-electron chi connectivity index (χ1n) is 4.25. The second-order valence-electron chi connectivity index (χ2n) is 2.53. The molecule has 3 N–H and O–H groups in total. The van der Waals surface area contributed by atoms with Crippen molar-refractivity contribution in [3.63, 3.8) is 0 Å². The van der Waals surface area contributed by atoms with Gasteiger partial charge < -0.3 is 10.6 Å². The Morgan fingerprint density at radius 1 is 1.54 bits per heavy atom. The summed E-state index contributed by atoms with van der Waals surface area (Å²) in [5, 5.41) is 13.1. The molecule has 0 saturated carbocycles. The molecular formula is C9H16N4. The molecule has 0 aliphatic heterocycles. The largest absolute Gasteiger partial charge is 0.363 e. The molecule has 0 atom stereocenters. The molecule has 0 radical (unpaired) electrons. The molecule has 0 rings (SSSR count). The smallest absolute Gasteiger partial charge is 0.216 e. The summed E-state index contributed by atoms with van der Waals surface area (Å²) in [6.07, 6.45) is 6.03. The van der Waals surface area contributed by atoms with Crippen LogP contribution >= 0.6 is 0 Å². The van der Waals surface area contributed by atoms with Gasteiger partial charge in [0.05, 0.1) is 6.54 Å². The molecule has 0 bridgehead atoms. The third-order valence-corrected chi connectivity index (χ3v) is 1.27. The molecule has 13 heavy (non-hydrogen) atoms. The van der Waals surface area contributed by atoms with Gasteiger partial charge in [0, 0.05) is 6.54 Å². The van der Waals surface area contributed by atoms with Crippen molar-refractivity contribution in [2.24, 2.45) is 4.99 Å². The van der Waals surface area contributed by atoms with Gasteiger partial charge in [-0.05, 0) is 13.3 Å². The van der Waals surface area contributed by atoms with Gasteiger partial charge in [0.15, 0.2) is 0 Å². The maximum atomic E-state index is 7.37. The van der Waals surface area contributed by atoms with E-state index in [1.165, 1.54) is 0 Å². The van der Waals surface area contributed by atoms with Crippen molar-refractivity contribution in [1.29, 1.82) is 5.41 Å². The third-order valence-electron chi connectivity index (χ3n) is 1.27. The molecule has 0 aromatic heterocycles. The second kappa shape index (κ2) is 7.17. The van der Waals surface area contributed by atoms with Crippen molar-refractivity contribution >= 4 is 11.8 Å². The van der Waals surface area contributed by atoms with Crippen LogP contribution in [0.2, 0.25) is 0 Å². The van der Waals surface area contributed by atoms with Crippen LogP contribution in [0.3, 0.4) is 0 Å². The van der Waals surface area contributed by atoms with Crippen molar-refractivity contribution < 1.29 is 0 Å². The van der Waals surface area contributed by atoms with Crippen LogP contribution in [0.1, 0.15) is 20.3 Å². The summed E-state index contributed by atoms with van der Waals surface area (Å²) < 4.78 is 0. The average Bonchev–Trinajstić information content (AvgIpc) is 2.11. The van der Waals surface area contributed by atoms with Crippen molar-refractivity contribution in [3.8, 4) is 12.3 Å². The molecule has 0 amide bonds. The Morgan fingerprint density at radius 3 is 2.77 bits per heavy atom. The molecule has 0 aromatic carbocycles. The fourth-order valence-electron chi connectivity index (χ4n) is 0.669. The highest BCUT2D eigenvalue weighted by molar-refractivity contribution is 5.93. The molecule has 72 valence electrons. The minimum Gasteiger partial charge on any atom is -0.363 e. The quantitative estimate of drug-likeness (QED) is 0.338. The Kier molecular flexibility index (Phi) is 6.34. The molecule has 0 saturated heterocycles. The van der Waals surface area contributed by atoms with Crippen molar-refractivity contribution in [2.45, 2.75) is 20.3 Å². The molecule has 0 heterocycles. The van der Waals surface area contributed by atoms with Gasteiger partial charge in [0.1, 0.15) is 5.84 Å². The molecule has 0 unspecified atom stereocenters. The van der Waals surface area contributed by atoms with E-state index in [0.29, 0.717) is 12.4 Å². The first-order valence-corrected chi connectivity index (χ1v) is 4.25. The van der Waals surface area contributed by atoms with Crippen LogP contribution in [0.25, 0.3) is 0 Å². The Bertz CT molecular complexity index is 224. The highest BCUT2D eigenvalue weighted by Crippen LogP contribution is 1.76. The Morgan fingerprint density at radius 2 is 2.23 bits per heavy atom. The van der Waals surface area contributed by atoms with Crippen molar-refractivity contribution in [3.05, 3.63) is 0 Å². The van der Waals surface area contributed by atoms with Gasteiger partial charge in [-0.1, -0.05) is 12.8 Å². The van der Waals surface area contributed by atoms with Crippen molar-refractivity contribution in [1.82, 2.24) is 10.6 Å². The van der Waals surface area contributed by atoms with E-state index in [-0.39, 0.29) is 5.96 Å². The van der Waals surface area contributed by atoms with Crippen LogP contribution in [0, 0.1) is 17.8 Å². The monoisotopic (exact) mass is 180 g/mol. The standard InChI is InChI=1S/C9H16N4/c1-4-6-11-8(3)13-9(10)12-7-5-2/h1H,5-7H2,2-3H3,(H3,10,11,12,13). The number of hydrogen-bond acceptors (Lipinski definition) is 1. The first kappa shape index (κ1) is 11.5. The first-order chi connectivity index (χ1) is 6.20. The van der Waals surface area contributed by atoms with E-state index in [1.807, 2.05) is 6.92 Å². The van der Waals surface area contributed by atoms with E-state index < -0.39 is 0 Å². The van der Waals surface area contributed by atoms with Gasteiger partial charge in [-0.3, -0.25) is 5.41 Å². The van der Waals surface area contributed by atoms with E-state index in [1.54, 1.807) is 6.92 Å². The van der Waals surface area contributed by atoms with Gasteiger partial charge >= 0.3 is 0 Å². The molecule has 0 aliphatic carbocycles. The fourth-order valence-corrected chi connectivity index (χ4v) is 0.669. The summed E-state index contributed by atoms with van der Waals surface area (Å²) in [5.74, 6) is 3.26. The van der Waals surface area contributed by atoms with Gasteiger partial charge in [0.25, 0.3) is 0 Å². The van der Waals surface area contributed by atoms with E-state index >= 15 is 0 Å². The number of terminal acetylenes is 1. The third kappa shape index (κ3) is 6.88. The summed E-state index contributed by atoms with van der Waals surface area (Å²) in [7, 11) is 0. The number of hydrogen-bond donors (Lipinski definition) is 3. The topological polar surface area (TPSA) is 60.3 Å².